The summed E-state index contributed by atoms with van der Waals surface area (Å²) in [6, 6.07) is 13.2. The van der Waals surface area contributed by atoms with E-state index in [2.05, 4.69) is 50.2 Å². The first-order valence-corrected chi connectivity index (χ1v) is 11.7. The van der Waals surface area contributed by atoms with Crippen LogP contribution in [-0.2, 0) is 22.4 Å². The molecule has 2 aromatic rings. The van der Waals surface area contributed by atoms with Crippen LogP contribution in [0.1, 0.15) is 72.3 Å². The summed E-state index contributed by atoms with van der Waals surface area (Å²) in [4.78, 5) is 11.7. The van der Waals surface area contributed by atoms with E-state index in [9.17, 15) is 9.90 Å². The van der Waals surface area contributed by atoms with Crippen molar-refractivity contribution >= 4 is 5.97 Å². The minimum atomic E-state index is -0.636. The lowest BCUT2D eigenvalue weighted by atomic mass is 9.90. The van der Waals surface area contributed by atoms with E-state index in [1.54, 1.807) is 0 Å². The molecule has 1 saturated heterocycles. The average Bonchev–Trinajstić information content (AvgIpc) is 3.26. The SMILES string of the molecule is Cc1ccc(CCc2cc(C)cc(C3CCCC3)c2OC[C@@H]2C[C@@H](O)CC(=O)O2)cc1. The predicted molar refractivity (Wildman–Crippen MR) is 122 cm³/mol. The number of ether oxygens (including phenoxy) is 2. The number of aliphatic hydroxyl groups excluding tert-OH is 1. The number of cyclic esters (lactones) is 1. The molecule has 31 heavy (non-hydrogen) atoms. The lowest BCUT2D eigenvalue weighted by Crippen LogP contribution is -2.36. The maximum Gasteiger partial charge on any atom is 0.308 e. The fraction of sp³-hybridized carbons (Fsp3) is 0.519. The van der Waals surface area contributed by atoms with Crippen LogP contribution in [0.15, 0.2) is 36.4 Å². The largest absolute Gasteiger partial charge is 0.489 e. The summed E-state index contributed by atoms with van der Waals surface area (Å²) in [5, 5.41) is 9.94. The summed E-state index contributed by atoms with van der Waals surface area (Å²) in [5.41, 5.74) is 6.40. The van der Waals surface area contributed by atoms with E-state index in [0.717, 1.165) is 18.6 Å². The van der Waals surface area contributed by atoms with Crippen molar-refractivity contribution in [3.8, 4) is 5.75 Å². The third-order valence-corrected chi connectivity index (χ3v) is 6.59. The molecule has 4 rings (SSSR count). The lowest BCUT2D eigenvalue weighted by molar-refractivity contribution is -0.162. The third-order valence-electron chi connectivity index (χ3n) is 6.59. The van der Waals surface area contributed by atoms with Crippen LogP contribution >= 0.6 is 0 Å². The van der Waals surface area contributed by atoms with Crippen LogP contribution in [0.25, 0.3) is 0 Å². The fourth-order valence-electron chi connectivity index (χ4n) is 4.95. The van der Waals surface area contributed by atoms with Gasteiger partial charge in [0.1, 0.15) is 18.5 Å². The van der Waals surface area contributed by atoms with Gasteiger partial charge in [0.05, 0.1) is 12.5 Å². The molecule has 2 fully saturated rings. The number of hydrogen-bond acceptors (Lipinski definition) is 4. The van der Waals surface area contributed by atoms with Crippen LogP contribution in [-0.4, -0.2) is 29.9 Å². The summed E-state index contributed by atoms with van der Waals surface area (Å²) in [7, 11) is 0. The fourth-order valence-corrected chi connectivity index (χ4v) is 4.95. The van der Waals surface area contributed by atoms with Gasteiger partial charge in [-0.15, -0.1) is 0 Å². The number of rotatable bonds is 7. The zero-order valence-corrected chi connectivity index (χ0v) is 18.7. The summed E-state index contributed by atoms with van der Waals surface area (Å²) >= 11 is 0. The molecule has 0 spiro atoms. The first-order valence-electron chi connectivity index (χ1n) is 11.7. The highest BCUT2D eigenvalue weighted by Gasteiger charge is 2.29. The number of esters is 1. The highest BCUT2D eigenvalue weighted by Crippen LogP contribution is 2.41. The Morgan fingerprint density at radius 1 is 1.03 bits per heavy atom. The molecule has 4 nitrogen and oxygen atoms in total. The highest BCUT2D eigenvalue weighted by atomic mass is 16.6. The first kappa shape index (κ1) is 21.9. The number of carbonyl (C=O) groups is 1. The van der Waals surface area contributed by atoms with Crippen molar-refractivity contribution in [2.75, 3.05) is 6.61 Å². The second kappa shape index (κ2) is 9.86. The van der Waals surface area contributed by atoms with Gasteiger partial charge in [0.15, 0.2) is 0 Å². The van der Waals surface area contributed by atoms with Gasteiger partial charge < -0.3 is 14.6 Å². The van der Waals surface area contributed by atoms with Gasteiger partial charge in [-0.25, -0.2) is 0 Å². The molecule has 0 amide bonds. The van der Waals surface area contributed by atoms with Crippen molar-refractivity contribution in [3.63, 3.8) is 0 Å². The Kier molecular flexibility index (Phi) is 6.96. The Labute approximate surface area is 185 Å². The van der Waals surface area contributed by atoms with Crippen LogP contribution in [0.2, 0.25) is 0 Å². The smallest absolute Gasteiger partial charge is 0.308 e. The standard InChI is InChI=1S/C27H34O4/c1-18-7-9-20(10-8-18)11-12-22-13-19(2)14-25(21-5-3-4-6-21)27(22)30-17-24-15-23(28)16-26(29)31-24/h7-10,13-14,21,23-24,28H,3-6,11-12,15-17H2,1-2H3/t23-,24+/m1/s1. The normalized spacial score (nSPS) is 21.8. The molecule has 1 N–H and O–H groups in total. The molecule has 1 aliphatic carbocycles. The van der Waals surface area contributed by atoms with Gasteiger partial charge in [0, 0.05) is 6.42 Å². The maximum absolute atomic E-state index is 11.7. The third kappa shape index (κ3) is 5.68. The van der Waals surface area contributed by atoms with Crippen molar-refractivity contribution in [3.05, 3.63) is 64.2 Å². The Bertz CT molecular complexity index is 896. The van der Waals surface area contributed by atoms with E-state index in [0.29, 0.717) is 18.9 Å². The monoisotopic (exact) mass is 422 g/mol. The molecule has 2 aliphatic rings. The summed E-state index contributed by atoms with van der Waals surface area (Å²) in [5.74, 6) is 1.17. The summed E-state index contributed by atoms with van der Waals surface area (Å²) < 4.78 is 11.8. The van der Waals surface area contributed by atoms with Crippen molar-refractivity contribution in [1.82, 2.24) is 0 Å². The molecule has 2 aromatic carbocycles. The van der Waals surface area contributed by atoms with Crippen molar-refractivity contribution in [1.29, 1.82) is 0 Å². The Hall–Kier alpha value is -2.33. The predicted octanol–water partition coefficient (Wildman–Crippen LogP) is 5.19. The van der Waals surface area contributed by atoms with Crippen LogP contribution in [0.3, 0.4) is 0 Å². The lowest BCUT2D eigenvalue weighted by Gasteiger charge is -2.27. The van der Waals surface area contributed by atoms with Gasteiger partial charge in [-0.3, -0.25) is 4.79 Å². The molecular formula is C27H34O4. The molecule has 0 aromatic heterocycles. The molecule has 4 heteroatoms. The number of aryl methyl sites for hydroxylation is 4. The highest BCUT2D eigenvalue weighted by molar-refractivity contribution is 5.71. The first-order chi connectivity index (χ1) is 15.0. The molecule has 0 unspecified atom stereocenters. The molecule has 0 radical (unpaired) electrons. The van der Waals surface area contributed by atoms with Crippen LogP contribution in [0.5, 0.6) is 5.75 Å². The van der Waals surface area contributed by atoms with E-state index < -0.39 is 6.10 Å². The van der Waals surface area contributed by atoms with E-state index in [1.165, 1.54) is 53.5 Å². The average molecular weight is 423 g/mol. The number of carbonyl (C=O) groups excluding carboxylic acids is 1. The Morgan fingerprint density at radius 2 is 1.77 bits per heavy atom. The molecule has 1 heterocycles. The Balaban J connectivity index is 1.56. The molecule has 166 valence electrons. The van der Waals surface area contributed by atoms with Gasteiger partial charge in [-0.05, 0) is 62.1 Å². The van der Waals surface area contributed by atoms with Gasteiger partial charge in [-0.1, -0.05) is 60.4 Å². The maximum atomic E-state index is 11.7. The quantitative estimate of drug-likeness (QED) is 0.624. The molecular weight excluding hydrogens is 388 g/mol. The molecule has 2 atom stereocenters. The Morgan fingerprint density at radius 3 is 2.48 bits per heavy atom. The minimum absolute atomic E-state index is 0.0795. The number of benzene rings is 2. The van der Waals surface area contributed by atoms with Crippen LogP contribution < -0.4 is 4.74 Å². The van der Waals surface area contributed by atoms with E-state index in [-0.39, 0.29) is 18.5 Å². The summed E-state index contributed by atoms with van der Waals surface area (Å²) in [6.45, 7) is 4.57. The molecule has 1 aliphatic heterocycles. The zero-order chi connectivity index (χ0) is 21.8. The van der Waals surface area contributed by atoms with Gasteiger partial charge in [0.25, 0.3) is 0 Å². The van der Waals surface area contributed by atoms with E-state index in [1.807, 2.05) is 0 Å². The second-order valence-electron chi connectivity index (χ2n) is 9.33. The van der Waals surface area contributed by atoms with E-state index in [4.69, 9.17) is 9.47 Å². The van der Waals surface area contributed by atoms with Gasteiger partial charge >= 0.3 is 5.97 Å². The molecule has 0 bridgehead atoms. The van der Waals surface area contributed by atoms with Crippen LogP contribution in [0.4, 0.5) is 0 Å². The molecule has 1 saturated carbocycles. The second-order valence-corrected chi connectivity index (χ2v) is 9.33. The minimum Gasteiger partial charge on any atom is -0.489 e. The van der Waals surface area contributed by atoms with Crippen molar-refractivity contribution in [2.24, 2.45) is 0 Å². The van der Waals surface area contributed by atoms with E-state index >= 15 is 0 Å². The van der Waals surface area contributed by atoms with Crippen molar-refractivity contribution < 1.29 is 19.4 Å². The zero-order valence-electron chi connectivity index (χ0n) is 18.7. The van der Waals surface area contributed by atoms with Crippen LogP contribution in [0, 0.1) is 13.8 Å². The number of aliphatic hydroxyl groups is 1. The van der Waals surface area contributed by atoms with Gasteiger partial charge in [-0.2, -0.15) is 0 Å². The van der Waals surface area contributed by atoms with Gasteiger partial charge in [0.2, 0.25) is 0 Å². The summed E-state index contributed by atoms with van der Waals surface area (Å²) in [6.07, 6.45) is 6.30. The van der Waals surface area contributed by atoms with Crippen molar-refractivity contribution in [2.45, 2.75) is 83.3 Å². The topological polar surface area (TPSA) is 55.8 Å². The number of hydrogen-bond donors (Lipinski definition) is 1.